The molecular weight excluding hydrogens is 345 g/mol. The van der Waals surface area contributed by atoms with Gasteiger partial charge >= 0.3 is 7.82 Å². The normalized spacial score (nSPS) is 11.1. The number of methoxy groups -OCH3 is 2. The quantitative estimate of drug-likeness (QED) is 0.435. The molecule has 0 atom stereocenters. The second-order valence-electron chi connectivity index (χ2n) is 4.39. The summed E-state index contributed by atoms with van der Waals surface area (Å²) >= 11 is 5.46. The Morgan fingerprint density at radius 2 is 1.61 bits per heavy atom. The van der Waals surface area contributed by atoms with Crippen LogP contribution >= 0.6 is 19.4 Å². The number of fused-ring (bicyclic) bond motifs is 1. The van der Waals surface area contributed by atoms with E-state index >= 15 is 0 Å². The highest BCUT2D eigenvalue weighted by Crippen LogP contribution is 2.25. The van der Waals surface area contributed by atoms with Crippen LogP contribution in [0.15, 0.2) is 42.6 Å². The van der Waals surface area contributed by atoms with Crippen molar-refractivity contribution in [1.29, 1.82) is 0 Å². The predicted octanol–water partition coefficient (Wildman–Crippen LogP) is 2.54. The lowest BCUT2D eigenvalue weighted by Crippen LogP contribution is -2.31. The number of phosphoric acid groups is 1. The lowest BCUT2D eigenvalue weighted by molar-refractivity contribution is -0.176. The molecule has 2 rings (SSSR count). The number of halogens is 1. The Hall–Kier alpha value is -1.05. The van der Waals surface area contributed by atoms with Gasteiger partial charge in [-0.2, -0.15) is 0 Å². The van der Waals surface area contributed by atoms with E-state index < -0.39 is 13.6 Å². The van der Waals surface area contributed by atoms with E-state index in [1.54, 1.807) is 21.1 Å². The maximum absolute atomic E-state index is 8.88. The van der Waals surface area contributed by atoms with E-state index in [2.05, 4.69) is 17.1 Å². The van der Waals surface area contributed by atoms with Crippen LogP contribution in [0.3, 0.4) is 0 Å². The number of rotatable bonds is 3. The van der Waals surface area contributed by atoms with Gasteiger partial charge in [0.1, 0.15) is 0 Å². The van der Waals surface area contributed by atoms with Gasteiger partial charge in [-0.1, -0.05) is 24.3 Å². The van der Waals surface area contributed by atoms with Crippen molar-refractivity contribution in [3.63, 3.8) is 0 Å². The molecule has 3 N–H and O–H groups in total. The molecular formula is C14H21ClNO6P. The summed E-state index contributed by atoms with van der Waals surface area (Å²) < 4.78 is 18.6. The lowest BCUT2D eigenvalue weighted by Gasteiger charge is -2.22. The highest BCUT2D eigenvalue weighted by molar-refractivity contribution is 7.45. The monoisotopic (exact) mass is 365 g/mol. The first-order chi connectivity index (χ1) is 10.6. The van der Waals surface area contributed by atoms with Gasteiger partial charge < -0.3 is 24.2 Å². The Morgan fingerprint density at radius 3 is 2.00 bits per heavy atom. The van der Waals surface area contributed by atoms with Crippen LogP contribution in [0.2, 0.25) is 0 Å². The van der Waals surface area contributed by atoms with Crippen LogP contribution < -0.4 is 0 Å². The summed E-state index contributed by atoms with van der Waals surface area (Å²) in [5.74, 6) is -0.262. The average Bonchev–Trinajstić information content (AvgIpc) is 2.53. The molecule has 1 heterocycles. The van der Waals surface area contributed by atoms with Crippen LogP contribution in [0.5, 0.6) is 0 Å². The molecule has 0 radical (unpaired) electrons. The van der Waals surface area contributed by atoms with E-state index in [1.165, 1.54) is 5.39 Å². The number of pyridine rings is 1. The van der Waals surface area contributed by atoms with Gasteiger partial charge in [0.15, 0.2) is 5.79 Å². The second kappa shape index (κ2) is 10.7. The molecule has 23 heavy (non-hydrogen) atoms. The predicted molar refractivity (Wildman–Crippen MR) is 89.1 cm³/mol. The third kappa shape index (κ3) is 11.2. The fourth-order valence-electron chi connectivity index (χ4n) is 1.21. The van der Waals surface area contributed by atoms with Crippen LogP contribution in [0, 0.1) is 0 Å². The molecule has 130 valence electrons. The molecule has 0 amide bonds. The summed E-state index contributed by atoms with van der Waals surface area (Å²) in [5, 5.41) is 1.20. The molecule has 0 aliphatic carbocycles. The number of hydrogen-bond donors (Lipinski definition) is 3. The van der Waals surface area contributed by atoms with E-state index in [9.17, 15) is 0 Å². The zero-order valence-corrected chi connectivity index (χ0v) is 14.7. The maximum atomic E-state index is 8.88. The highest BCUT2D eigenvalue weighted by atomic mass is 35.5. The summed E-state index contributed by atoms with van der Waals surface area (Å²) in [5.41, 5.74) is 1.06. The van der Waals surface area contributed by atoms with E-state index in [0.29, 0.717) is 5.88 Å². The van der Waals surface area contributed by atoms with Crippen LogP contribution in [0.25, 0.3) is 10.9 Å². The minimum absolute atomic E-state index is 0.347. The van der Waals surface area contributed by atoms with Crippen molar-refractivity contribution in [2.24, 2.45) is 0 Å². The first-order valence-corrected chi connectivity index (χ1v) is 8.49. The van der Waals surface area contributed by atoms with Crippen LogP contribution in [0.4, 0.5) is 0 Å². The van der Waals surface area contributed by atoms with Crippen molar-refractivity contribution in [1.82, 2.24) is 4.98 Å². The zero-order chi connectivity index (χ0) is 17.9. The Labute approximate surface area is 140 Å². The number of alkyl halides is 1. The van der Waals surface area contributed by atoms with Gasteiger partial charge in [-0.25, -0.2) is 4.57 Å². The smallest absolute Gasteiger partial charge is 0.352 e. The largest absolute Gasteiger partial charge is 0.466 e. The standard InChI is InChI=1S/C9H7N.C5H11ClO2.H3O4P/c1-2-6-9-8(4-1)5-3-7-10-9;1-5(4-6,7-2)8-3;1-5(2,3)4/h1-7H;4H2,1-3H3;(H3,1,2,3,4). The summed E-state index contributed by atoms with van der Waals surface area (Å²) in [6, 6.07) is 12.1. The molecule has 9 heteroatoms. The third-order valence-corrected chi connectivity index (χ3v) is 3.10. The van der Waals surface area contributed by atoms with E-state index in [-0.39, 0.29) is 0 Å². The molecule has 0 saturated heterocycles. The average molecular weight is 366 g/mol. The van der Waals surface area contributed by atoms with Crippen LogP contribution in [-0.2, 0) is 14.0 Å². The number of nitrogens with zero attached hydrogens (tertiary/aromatic N) is 1. The zero-order valence-electron chi connectivity index (χ0n) is 13.1. The van der Waals surface area contributed by atoms with E-state index in [0.717, 1.165) is 5.52 Å². The van der Waals surface area contributed by atoms with Gasteiger partial charge in [0.05, 0.1) is 11.4 Å². The Balaban J connectivity index is 0.000000338. The molecule has 0 aliphatic heterocycles. The molecule has 0 spiro atoms. The molecule has 0 bridgehead atoms. The van der Waals surface area contributed by atoms with Crippen molar-refractivity contribution in [3.8, 4) is 0 Å². The third-order valence-electron chi connectivity index (χ3n) is 2.62. The molecule has 0 unspecified atom stereocenters. The highest BCUT2D eigenvalue weighted by Gasteiger charge is 2.19. The fourth-order valence-corrected chi connectivity index (χ4v) is 1.43. The van der Waals surface area contributed by atoms with Gasteiger partial charge in [-0.3, -0.25) is 4.98 Å². The summed E-state index contributed by atoms with van der Waals surface area (Å²) in [4.78, 5) is 25.7. The van der Waals surface area contributed by atoms with E-state index in [1.807, 2.05) is 30.5 Å². The summed E-state index contributed by atoms with van der Waals surface area (Å²) in [6.07, 6.45) is 1.81. The summed E-state index contributed by atoms with van der Waals surface area (Å²) in [7, 11) is -1.52. The summed E-state index contributed by atoms with van der Waals surface area (Å²) in [6.45, 7) is 1.78. The Kier molecular flexibility index (Phi) is 10.2. The van der Waals surface area contributed by atoms with Gasteiger partial charge in [0, 0.05) is 25.8 Å². The van der Waals surface area contributed by atoms with Crippen molar-refractivity contribution < 1.29 is 28.7 Å². The molecule has 1 aromatic carbocycles. The van der Waals surface area contributed by atoms with Crippen molar-refractivity contribution in [3.05, 3.63) is 42.6 Å². The Bertz CT molecular complexity index is 535. The fraction of sp³-hybridized carbons (Fsp3) is 0.357. The SMILES string of the molecule is COC(C)(CCl)OC.O=P(O)(O)O.c1ccc2ncccc2c1. The first kappa shape index (κ1) is 21.9. The minimum atomic E-state index is -4.64. The van der Waals surface area contributed by atoms with Crippen LogP contribution in [-0.4, -0.2) is 45.6 Å². The number of benzene rings is 1. The van der Waals surface area contributed by atoms with Gasteiger partial charge in [0.2, 0.25) is 0 Å². The van der Waals surface area contributed by atoms with Crippen molar-refractivity contribution >= 4 is 30.3 Å². The molecule has 0 aliphatic rings. The molecule has 0 fully saturated rings. The lowest BCUT2D eigenvalue weighted by atomic mass is 10.2. The number of hydrogen-bond acceptors (Lipinski definition) is 4. The first-order valence-electron chi connectivity index (χ1n) is 6.39. The van der Waals surface area contributed by atoms with Gasteiger partial charge in [-0.05, 0) is 19.1 Å². The second-order valence-corrected chi connectivity index (χ2v) is 5.68. The van der Waals surface area contributed by atoms with Gasteiger partial charge in [-0.15, -0.1) is 11.6 Å². The van der Waals surface area contributed by atoms with Crippen LogP contribution in [0.1, 0.15) is 6.92 Å². The topological polar surface area (TPSA) is 109 Å². The van der Waals surface area contributed by atoms with Gasteiger partial charge in [0.25, 0.3) is 0 Å². The van der Waals surface area contributed by atoms with Crippen molar-refractivity contribution in [2.45, 2.75) is 12.7 Å². The molecule has 0 saturated carbocycles. The molecule has 1 aromatic heterocycles. The molecule has 2 aromatic rings. The Morgan fingerprint density at radius 1 is 1.13 bits per heavy atom. The number of aromatic nitrogens is 1. The minimum Gasteiger partial charge on any atom is -0.352 e. The molecule has 7 nitrogen and oxygen atoms in total. The van der Waals surface area contributed by atoms with Crippen molar-refractivity contribution in [2.75, 3.05) is 20.1 Å². The number of ether oxygens (including phenoxy) is 2. The maximum Gasteiger partial charge on any atom is 0.466 e. The number of para-hydroxylation sites is 1. The van der Waals surface area contributed by atoms with E-state index in [4.69, 9.17) is 40.3 Å².